The number of para-hydroxylation sites is 1. The molecule has 144 valence electrons. The fraction of sp³-hybridized carbons (Fsp3) is 0.381. The van der Waals surface area contributed by atoms with Crippen LogP contribution < -0.4 is 9.62 Å². The summed E-state index contributed by atoms with van der Waals surface area (Å²) >= 11 is 0. The quantitative estimate of drug-likeness (QED) is 0.842. The predicted molar refractivity (Wildman–Crippen MR) is 110 cm³/mol. The molecule has 0 fully saturated rings. The summed E-state index contributed by atoms with van der Waals surface area (Å²) in [5.41, 5.74) is 5.11. The fourth-order valence-electron chi connectivity index (χ4n) is 3.49. The van der Waals surface area contributed by atoms with E-state index in [9.17, 15) is 13.2 Å². The minimum atomic E-state index is -3.28. The molecule has 0 spiro atoms. The topological polar surface area (TPSA) is 66.5 Å². The highest BCUT2D eigenvalue weighted by Gasteiger charge is 2.28. The van der Waals surface area contributed by atoms with Gasteiger partial charge in [0.15, 0.2) is 0 Å². The summed E-state index contributed by atoms with van der Waals surface area (Å²) in [5, 5.41) is 3.05. The molecule has 5 nitrogen and oxygen atoms in total. The maximum Gasteiger partial charge on any atom is 0.255 e. The van der Waals surface area contributed by atoms with Crippen molar-refractivity contribution in [2.24, 2.45) is 0 Å². The maximum atomic E-state index is 12.8. The Labute approximate surface area is 161 Å². The smallest absolute Gasteiger partial charge is 0.255 e. The molecule has 0 bridgehead atoms. The van der Waals surface area contributed by atoms with Gasteiger partial charge >= 0.3 is 0 Å². The number of amides is 1. The molecule has 2 aromatic carbocycles. The number of hydrogen-bond acceptors (Lipinski definition) is 3. The highest BCUT2D eigenvalue weighted by molar-refractivity contribution is 7.92. The van der Waals surface area contributed by atoms with Gasteiger partial charge in [0, 0.05) is 17.8 Å². The molecule has 0 saturated heterocycles. The Morgan fingerprint density at radius 2 is 1.96 bits per heavy atom. The average Bonchev–Trinajstić information content (AvgIpc) is 3.07. The summed E-state index contributed by atoms with van der Waals surface area (Å²) in [6.07, 6.45) is 0.622. The number of carbonyl (C=O) groups excluding carboxylic acids is 1. The van der Waals surface area contributed by atoms with E-state index in [1.54, 1.807) is 19.1 Å². The molecule has 0 aromatic heterocycles. The Balaban J connectivity index is 1.89. The second-order valence-corrected chi connectivity index (χ2v) is 9.40. The highest BCUT2D eigenvalue weighted by Crippen LogP contribution is 2.32. The first kappa shape index (κ1) is 19.4. The number of hydrogen-bond donors (Lipinski definition) is 1. The van der Waals surface area contributed by atoms with Crippen LogP contribution in [0.3, 0.4) is 0 Å². The first-order valence-corrected chi connectivity index (χ1v) is 10.9. The molecule has 1 N–H and O–H groups in total. The van der Waals surface area contributed by atoms with E-state index < -0.39 is 10.0 Å². The van der Waals surface area contributed by atoms with E-state index >= 15 is 0 Å². The Morgan fingerprint density at radius 1 is 1.22 bits per heavy atom. The van der Waals surface area contributed by atoms with Crippen molar-refractivity contribution in [2.45, 2.75) is 40.0 Å². The van der Waals surface area contributed by atoms with E-state index in [1.807, 2.05) is 31.2 Å². The zero-order valence-corrected chi connectivity index (χ0v) is 17.1. The van der Waals surface area contributed by atoms with E-state index in [0.717, 1.165) is 22.4 Å². The average molecular weight is 387 g/mol. The molecule has 1 amide bonds. The number of nitrogens with one attached hydrogen (secondary N) is 1. The molecule has 3 rings (SSSR count). The predicted octanol–water partition coefficient (Wildman–Crippen LogP) is 4.08. The van der Waals surface area contributed by atoms with Crippen LogP contribution in [-0.2, 0) is 16.4 Å². The Morgan fingerprint density at radius 3 is 2.63 bits per heavy atom. The van der Waals surface area contributed by atoms with Crippen molar-refractivity contribution in [3.63, 3.8) is 0 Å². The minimum Gasteiger partial charge on any atom is -0.321 e. The first-order valence-electron chi connectivity index (χ1n) is 9.28. The van der Waals surface area contributed by atoms with Gasteiger partial charge in [0.05, 0.1) is 11.4 Å². The molecule has 0 unspecified atom stereocenters. The SMILES string of the molecule is CCS(=O)(=O)N1CCc2cc(C(=O)Nc3c(C)cccc3C(C)C)ccc21. The van der Waals surface area contributed by atoms with Gasteiger partial charge in [0.2, 0.25) is 10.0 Å². The van der Waals surface area contributed by atoms with Crippen molar-refractivity contribution in [3.8, 4) is 0 Å². The van der Waals surface area contributed by atoms with E-state index in [0.29, 0.717) is 30.1 Å². The summed E-state index contributed by atoms with van der Waals surface area (Å²) in [5.74, 6) is 0.193. The monoisotopic (exact) mass is 386 g/mol. The summed E-state index contributed by atoms with van der Waals surface area (Å²) in [4.78, 5) is 12.8. The van der Waals surface area contributed by atoms with Gasteiger partial charge in [-0.25, -0.2) is 8.42 Å². The number of nitrogens with zero attached hydrogens (tertiary/aromatic N) is 1. The third-order valence-corrected chi connectivity index (χ3v) is 6.84. The van der Waals surface area contributed by atoms with Gasteiger partial charge in [-0.05, 0) is 61.1 Å². The third kappa shape index (κ3) is 3.72. The van der Waals surface area contributed by atoms with Crippen LogP contribution in [0.15, 0.2) is 36.4 Å². The van der Waals surface area contributed by atoms with Crippen LogP contribution in [0.4, 0.5) is 11.4 Å². The fourth-order valence-corrected chi connectivity index (χ4v) is 4.64. The van der Waals surface area contributed by atoms with Gasteiger partial charge in [-0.3, -0.25) is 9.10 Å². The third-order valence-electron chi connectivity index (χ3n) is 5.06. The second-order valence-electron chi connectivity index (χ2n) is 7.21. The summed E-state index contributed by atoms with van der Waals surface area (Å²) < 4.78 is 25.9. The lowest BCUT2D eigenvalue weighted by Crippen LogP contribution is -2.30. The number of fused-ring (bicyclic) bond motifs is 1. The molecule has 6 heteroatoms. The number of benzene rings is 2. The van der Waals surface area contributed by atoms with Crippen LogP contribution in [0, 0.1) is 6.92 Å². The lowest BCUT2D eigenvalue weighted by Gasteiger charge is -2.19. The van der Waals surface area contributed by atoms with Crippen LogP contribution in [0.2, 0.25) is 0 Å². The van der Waals surface area contributed by atoms with E-state index in [1.165, 1.54) is 4.31 Å². The number of rotatable bonds is 5. The second kappa shape index (κ2) is 7.35. The number of sulfonamides is 1. The molecule has 2 aromatic rings. The molecular formula is C21H26N2O3S. The van der Waals surface area contributed by atoms with Crippen molar-refractivity contribution in [1.82, 2.24) is 0 Å². The van der Waals surface area contributed by atoms with Crippen molar-refractivity contribution >= 4 is 27.3 Å². The lowest BCUT2D eigenvalue weighted by molar-refractivity contribution is 0.102. The van der Waals surface area contributed by atoms with E-state index in [4.69, 9.17) is 0 Å². The molecule has 27 heavy (non-hydrogen) atoms. The van der Waals surface area contributed by atoms with Gasteiger partial charge in [-0.15, -0.1) is 0 Å². The number of carbonyl (C=O) groups is 1. The molecule has 1 aliphatic heterocycles. The largest absolute Gasteiger partial charge is 0.321 e. The van der Waals surface area contributed by atoms with Crippen LogP contribution in [-0.4, -0.2) is 26.6 Å². The zero-order valence-electron chi connectivity index (χ0n) is 16.2. The van der Waals surface area contributed by atoms with Gasteiger partial charge in [0.1, 0.15) is 0 Å². The standard InChI is InChI=1S/C21H26N2O3S/c1-5-27(25,26)23-12-11-16-13-17(9-10-19(16)23)21(24)22-20-15(4)7-6-8-18(20)14(2)3/h6-10,13-14H,5,11-12H2,1-4H3,(H,22,24). The van der Waals surface area contributed by atoms with Crippen LogP contribution >= 0.6 is 0 Å². The number of anilines is 2. The Kier molecular flexibility index (Phi) is 5.29. The van der Waals surface area contributed by atoms with Crippen LogP contribution in [0.1, 0.15) is 53.7 Å². The molecule has 0 saturated carbocycles. The Hall–Kier alpha value is -2.34. The molecule has 1 aliphatic rings. The lowest BCUT2D eigenvalue weighted by atomic mass is 9.98. The van der Waals surface area contributed by atoms with Crippen LogP contribution in [0.5, 0.6) is 0 Å². The van der Waals surface area contributed by atoms with E-state index in [2.05, 4.69) is 19.2 Å². The summed E-state index contributed by atoms with van der Waals surface area (Å²) in [7, 11) is -3.28. The minimum absolute atomic E-state index is 0.0694. The van der Waals surface area contributed by atoms with Gasteiger partial charge in [0.25, 0.3) is 5.91 Å². The molecular weight excluding hydrogens is 360 g/mol. The molecule has 0 aliphatic carbocycles. The van der Waals surface area contributed by atoms with Gasteiger partial charge < -0.3 is 5.32 Å². The van der Waals surface area contributed by atoms with Crippen molar-refractivity contribution in [2.75, 3.05) is 21.9 Å². The van der Waals surface area contributed by atoms with Crippen LogP contribution in [0.25, 0.3) is 0 Å². The highest BCUT2D eigenvalue weighted by atomic mass is 32.2. The molecule has 0 radical (unpaired) electrons. The number of aryl methyl sites for hydroxylation is 1. The Bertz CT molecular complexity index is 981. The van der Waals surface area contributed by atoms with Gasteiger partial charge in [-0.1, -0.05) is 32.0 Å². The van der Waals surface area contributed by atoms with Crippen molar-refractivity contribution in [1.29, 1.82) is 0 Å². The summed E-state index contributed by atoms with van der Waals surface area (Å²) in [6.45, 7) is 8.26. The normalized spacial score (nSPS) is 13.7. The van der Waals surface area contributed by atoms with Gasteiger partial charge in [-0.2, -0.15) is 0 Å². The molecule has 0 atom stereocenters. The zero-order chi connectivity index (χ0) is 19.8. The van der Waals surface area contributed by atoms with E-state index in [-0.39, 0.29) is 11.7 Å². The maximum absolute atomic E-state index is 12.8. The van der Waals surface area contributed by atoms with Crippen molar-refractivity contribution in [3.05, 3.63) is 58.7 Å². The molecule has 1 heterocycles. The van der Waals surface area contributed by atoms with Crippen molar-refractivity contribution < 1.29 is 13.2 Å². The summed E-state index contributed by atoms with van der Waals surface area (Å²) in [6, 6.07) is 11.3. The first-order chi connectivity index (χ1) is 12.7.